The summed E-state index contributed by atoms with van der Waals surface area (Å²) >= 11 is 7.20. The largest absolute Gasteiger partial charge is 0.350 e. The number of aryl methyl sites for hydroxylation is 1. The lowest BCUT2D eigenvalue weighted by Crippen LogP contribution is -2.08. The first-order valence-electron chi connectivity index (χ1n) is 6.84. The van der Waals surface area contributed by atoms with Crippen LogP contribution in [0.4, 0.5) is 5.13 Å². The predicted octanol–water partition coefficient (Wildman–Crippen LogP) is 3.98. The number of hydrogen-bond donors (Lipinski definition) is 1. The molecule has 22 heavy (non-hydrogen) atoms. The molecule has 0 aliphatic carbocycles. The Labute approximate surface area is 136 Å². The third-order valence-electron chi connectivity index (χ3n) is 3.04. The molecule has 1 atom stereocenters. The normalized spacial score (nSPS) is 12.3. The second-order valence-corrected chi connectivity index (χ2v) is 5.89. The Balaban J connectivity index is 1.73. The zero-order chi connectivity index (χ0) is 15.5. The van der Waals surface area contributed by atoms with Crippen molar-refractivity contribution in [1.29, 1.82) is 0 Å². The molecule has 2 heterocycles. The van der Waals surface area contributed by atoms with Crippen molar-refractivity contribution in [2.45, 2.75) is 26.3 Å². The smallest absolute Gasteiger partial charge is 0.257 e. The Morgan fingerprint density at radius 2 is 2.05 bits per heavy atom. The third-order valence-corrected chi connectivity index (χ3v) is 3.98. The number of nitrogens with one attached hydrogen (secondary N) is 1. The van der Waals surface area contributed by atoms with E-state index in [-0.39, 0.29) is 6.04 Å². The van der Waals surface area contributed by atoms with Crippen LogP contribution in [0.2, 0.25) is 5.02 Å². The van der Waals surface area contributed by atoms with Crippen molar-refractivity contribution >= 4 is 28.3 Å². The van der Waals surface area contributed by atoms with Gasteiger partial charge in [0, 0.05) is 28.5 Å². The van der Waals surface area contributed by atoms with Gasteiger partial charge in [-0.1, -0.05) is 23.7 Å². The van der Waals surface area contributed by atoms with Gasteiger partial charge in [-0.3, -0.25) is 0 Å². The molecule has 6 nitrogen and oxygen atoms in total. The van der Waals surface area contributed by atoms with Crippen LogP contribution in [0, 0.1) is 0 Å². The van der Waals surface area contributed by atoms with Crippen molar-refractivity contribution in [2.24, 2.45) is 0 Å². The standard InChI is InChI=1S/C14H14ClN5OS/c1-3-11-17-14(22-20-11)16-8(2)12-18-13(21-19-12)9-4-6-10(15)7-5-9/h4-8H,3H2,1-2H3,(H,16,17,20). The van der Waals surface area contributed by atoms with Crippen LogP contribution in [0.25, 0.3) is 11.5 Å². The summed E-state index contributed by atoms with van der Waals surface area (Å²) < 4.78 is 9.53. The number of anilines is 1. The summed E-state index contributed by atoms with van der Waals surface area (Å²) in [4.78, 5) is 8.77. The maximum Gasteiger partial charge on any atom is 0.257 e. The fourth-order valence-corrected chi connectivity index (χ4v) is 2.69. The van der Waals surface area contributed by atoms with Crippen molar-refractivity contribution in [1.82, 2.24) is 19.5 Å². The average Bonchev–Trinajstić information content (AvgIpc) is 3.17. The van der Waals surface area contributed by atoms with Crippen LogP contribution in [-0.4, -0.2) is 19.5 Å². The molecule has 0 aliphatic rings. The molecule has 3 aromatic rings. The van der Waals surface area contributed by atoms with E-state index >= 15 is 0 Å². The van der Waals surface area contributed by atoms with Gasteiger partial charge in [-0.2, -0.15) is 9.36 Å². The molecule has 0 radical (unpaired) electrons. The Hall–Kier alpha value is -1.99. The minimum absolute atomic E-state index is 0.123. The number of hydrogen-bond acceptors (Lipinski definition) is 7. The van der Waals surface area contributed by atoms with Gasteiger partial charge >= 0.3 is 0 Å². The molecule has 1 aromatic carbocycles. The maximum absolute atomic E-state index is 5.87. The SMILES string of the molecule is CCc1nsc(NC(C)c2noc(-c3ccc(Cl)cc3)n2)n1. The van der Waals surface area contributed by atoms with E-state index in [4.69, 9.17) is 16.1 Å². The van der Waals surface area contributed by atoms with Crippen molar-refractivity contribution < 1.29 is 4.52 Å². The van der Waals surface area contributed by atoms with Gasteiger partial charge in [-0.25, -0.2) is 4.98 Å². The fraction of sp³-hybridized carbons (Fsp3) is 0.286. The van der Waals surface area contributed by atoms with Crippen LogP contribution in [0.5, 0.6) is 0 Å². The molecular weight excluding hydrogens is 322 g/mol. The molecule has 0 saturated carbocycles. The van der Waals surface area contributed by atoms with Gasteiger partial charge in [0.05, 0.1) is 6.04 Å². The summed E-state index contributed by atoms with van der Waals surface area (Å²) in [7, 11) is 0. The van der Waals surface area contributed by atoms with Gasteiger partial charge in [0.1, 0.15) is 5.82 Å². The Bertz CT molecular complexity index is 755. The second kappa shape index (κ2) is 6.41. The zero-order valence-electron chi connectivity index (χ0n) is 12.1. The zero-order valence-corrected chi connectivity index (χ0v) is 13.6. The third kappa shape index (κ3) is 3.26. The van der Waals surface area contributed by atoms with Crippen molar-refractivity contribution in [3.05, 3.63) is 40.9 Å². The number of rotatable bonds is 5. The lowest BCUT2D eigenvalue weighted by molar-refractivity contribution is 0.420. The Morgan fingerprint density at radius 1 is 1.27 bits per heavy atom. The van der Waals surface area contributed by atoms with Crippen molar-refractivity contribution in [3.8, 4) is 11.5 Å². The van der Waals surface area contributed by atoms with E-state index in [2.05, 4.69) is 24.8 Å². The van der Waals surface area contributed by atoms with Gasteiger partial charge < -0.3 is 9.84 Å². The van der Waals surface area contributed by atoms with Crippen LogP contribution in [0.3, 0.4) is 0 Å². The molecule has 0 amide bonds. The Morgan fingerprint density at radius 3 is 2.73 bits per heavy atom. The molecule has 0 spiro atoms. The molecule has 2 aromatic heterocycles. The quantitative estimate of drug-likeness (QED) is 0.760. The highest BCUT2D eigenvalue weighted by Gasteiger charge is 2.16. The predicted molar refractivity (Wildman–Crippen MR) is 86.1 cm³/mol. The molecule has 0 fully saturated rings. The van der Waals surface area contributed by atoms with E-state index in [0.29, 0.717) is 16.7 Å². The molecule has 3 rings (SSSR count). The minimum atomic E-state index is -0.123. The van der Waals surface area contributed by atoms with Gasteiger partial charge in [-0.15, -0.1) is 0 Å². The number of halogens is 1. The summed E-state index contributed by atoms with van der Waals surface area (Å²) in [5.74, 6) is 1.86. The molecule has 8 heteroatoms. The second-order valence-electron chi connectivity index (χ2n) is 4.70. The molecule has 1 unspecified atom stereocenters. The van der Waals surface area contributed by atoms with Gasteiger partial charge in [0.25, 0.3) is 5.89 Å². The lowest BCUT2D eigenvalue weighted by Gasteiger charge is -2.06. The maximum atomic E-state index is 5.87. The average molecular weight is 336 g/mol. The highest BCUT2D eigenvalue weighted by Crippen LogP contribution is 2.23. The lowest BCUT2D eigenvalue weighted by atomic mass is 10.2. The van der Waals surface area contributed by atoms with Gasteiger partial charge in [-0.05, 0) is 31.2 Å². The highest BCUT2D eigenvalue weighted by atomic mass is 35.5. The molecule has 114 valence electrons. The molecule has 0 bridgehead atoms. The van der Waals surface area contributed by atoms with E-state index in [0.717, 1.165) is 22.9 Å². The molecule has 0 saturated heterocycles. The van der Waals surface area contributed by atoms with E-state index < -0.39 is 0 Å². The van der Waals surface area contributed by atoms with E-state index in [1.165, 1.54) is 11.5 Å². The summed E-state index contributed by atoms with van der Waals surface area (Å²) in [6.07, 6.45) is 0.815. The Kier molecular flexibility index (Phi) is 4.35. The fourth-order valence-electron chi connectivity index (χ4n) is 1.83. The van der Waals surface area contributed by atoms with E-state index in [9.17, 15) is 0 Å². The first-order chi connectivity index (χ1) is 10.7. The summed E-state index contributed by atoms with van der Waals surface area (Å²) in [6.45, 7) is 3.97. The number of nitrogens with zero attached hydrogens (tertiary/aromatic N) is 4. The van der Waals surface area contributed by atoms with E-state index in [1.54, 1.807) is 12.1 Å². The molecule has 1 N–H and O–H groups in total. The van der Waals surface area contributed by atoms with Crippen molar-refractivity contribution in [2.75, 3.05) is 5.32 Å². The van der Waals surface area contributed by atoms with Crippen LogP contribution in [0.1, 0.15) is 31.5 Å². The van der Waals surface area contributed by atoms with Crippen LogP contribution in [-0.2, 0) is 6.42 Å². The monoisotopic (exact) mass is 335 g/mol. The van der Waals surface area contributed by atoms with Crippen LogP contribution in [0.15, 0.2) is 28.8 Å². The van der Waals surface area contributed by atoms with Gasteiger partial charge in [0.15, 0.2) is 5.82 Å². The first-order valence-corrected chi connectivity index (χ1v) is 7.99. The first kappa shape index (κ1) is 14.9. The minimum Gasteiger partial charge on any atom is -0.350 e. The summed E-state index contributed by atoms with van der Waals surface area (Å²) in [5, 5.41) is 8.66. The van der Waals surface area contributed by atoms with Crippen LogP contribution < -0.4 is 5.32 Å². The summed E-state index contributed by atoms with van der Waals surface area (Å²) in [6, 6.07) is 7.14. The topological polar surface area (TPSA) is 76.7 Å². The van der Waals surface area contributed by atoms with Crippen molar-refractivity contribution in [3.63, 3.8) is 0 Å². The van der Waals surface area contributed by atoms with E-state index in [1.807, 2.05) is 26.0 Å². The van der Waals surface area contributed by atoms with Crippen LogP contribution >= 0.6 is 23.1 Å². The highest BCUT2D eigenvalue weighted by molar-refractivity contribution is 7.09. The molecular formula is C14H14ClN5OS. The van der Waals surface area contributed by atoms with Gasteiger partial charge in [0.2, 0.25) is 5.13 Å². The molecule has 0 aliphatic heterocycles. The summed E-state index contributed by atoms with van der Waals surface area (Å²) in [5.41, 5.74) is 0.833. The number of aromatic nitrogens is 4. The number of benzene rings is 1.